The van der Waals surface area contributed by atoms with Gasteiger partial charge in [-0.3, -0.25) is 4.57 Å². The number of nitrogens with zero attached hydrogens (tertiary/aromatic N) is 2. The molecule has 0 saturated carbocycles. The van der Waals surface area contributed by atoms with Crippen LogP contribution >= 0.6 is 0 Å². The van der Waals surface area contributed by atoms with Crippen LogP contribution in [0.5, 0.6) is 11.5 Å². The Morgan fingerprint density at radius 3 is 2.09 bits per heavy atom. The van der Waals surface area contributed by atoms with Crippen molar-refractivity contribution in [3.05, 3.63) is 109 Å². The highest BCUT2D eigenvalue weighted by atomic mass is 16.5. The number of hydrogen-bond acceptors (Lipinski definition) is 4. The van der Waals surface area contributed by atoms with E-state index in [0.29, 0.717) is 11.5 Å². The highest BCUT2D eigenvalue weighted by molar-refractivity contribution is 5.87. The maximum Gasteiger partial charge on any atom is 0.161 e. The summed E-state index contributed by atoms with van der Waals surface area (Å²) >= 11 is 0. The molecule has 0 saturated heterocycles. The van der Waals surface area contributed by atoms with E-state index in [4.69, 9.17) is 14.5 Å². The summed E-state index contributed by atoms with van der Waals surface area (Å²) in [6.07, 6.45) is -0.195. The third-order valence-electron chi connectivity index (χ3n) is 6.45. The van der Waals surface area contributed by atoms with E-state index in [0.717, 1.165) is 45.2 Å². The van der Waals surface area contributed by atoms with Crippen molar-refractivity contribution in [3.63, 3.8) is 0 Å². The highest BCUT2D eigenvalue weighted by Gasteiger charge is 2.32. The number of anilines is 1. The Kier molecular flexibility index (Phi) is 5.23. The van der Waals surface area contributed by atoms with Gasteiger partial charge < -0.3 is 14.8 Å². The monoisotopic (exact) mass is 459 g/mol. The number of nitrogens with one attached hydrogen (secondary N) is 1. The predicted octanol–water partition coefficient (Wildman–Crippen LogP) is 6.87. The Labute approximate surface area is 204 Å². The topological polar surface area (TPSA) is 48.3 Å². The second kappa shape index (κ2) is 8.69. The molecule has 0 aliphatic carbocycles. The summed E-state index contributed by atoms with van der Waals surface area (Å²) < 4.78 is 13.4. The van der Waals surface area contributed by atoms with Crippen molar-refractivity contribution in [2.24, 2.45) is 0 Å². The first-order chi connectivity index (χ1) is 17.3. The van der Waals surface area contributed by atoms with E-state index in [1.165, 1.54) is 0 Å². The van der Waals surface area contributed by atoms with E-state index in [2.05, 4.69) is 82.7 Å². The third kappa shape index (κ3) is 3.53. The van der Waals surface area contributed by atoms with Gasteiger partial charge in [-0.15, -0.1) is 0 Å². The second-order valence-corrected chi connectivity index (χ2v) is 8.44. The first kappa shape index (κ1) is 21.1. The number of aromatic nitrogens is 2. The molecule has 5 aromatic rings. The van der Waals surface area contributed by atoms with Gasteiger partial charge in [0, 0.05) is 22.4 Å². The molecule has 172 valence electrons. The van der Waals surface area contributed by atoms with E-state index in [1.807, 2.05) is 30.3 Å². The van der Waals surface area contributed by atoms with Gasteiger partial charge in [0.2, 0.25) is 0 Å². The van der Waals surface area contributed by atoms with Crippen LogP contribution in [0.2, 0.25) is 0 Å². The summed E-state index contributed by atoms with van der Waals surface area (Å²) in [5.41, 5.74) is 7.37. The molecule has 0 bridgehead atoms. The van der Waals surface area contributed by atoms with Crippen LogP contribution in [0.1, 0.15) is 11.7 Å². The van der Waals surface area contributed by atoms with Gasteiger partial charge in [-0.25, -0.2) is 4.98 Å². The Morgan fingerprint density at radius 1 is 0.714 bits per heavy atom. The van der Waals surface area contributed by atoms with Gasteiger partial charge in [0.25, 0.3) is 0 Å². The molecule has 1 atom stereocenters. The summed E-state index contributed by atoms with van der Waals surface area (Å²) in [4.78, 5) is 5.26. The molecular weight excluding hydrogens is 434 g/mol. The standard InChI is InChI=1S/C30H25N3O2/c1-34-25-18-17-22(19-26(25)35-2)29-31-24-16-10-9-15-23(24)30-32-27(20-11-5-3-6-12-20)28(33(29)30)21-13-7-4-8-14-21/h3-19,29,31H,1-2H3. The zero-order valence-electron chi connectivity index (χ0n) is 19.6. The number of rotatable bonds is 5. The lowest BCUT2D eigenvalue weighted by molar-refractivity contribution is 0.354. The van der Waals surface area contributed by atoms with Gasteiger partial charge in [-0.2, -0.15) is 0 Å². The number of para-hydroxylation sites is 1. The third-order valence-corrected chi connectivity index (χ3v) is 6.45. The molecular formula is C30H25N3O2. The zero-order valence-corrected chi connectivity index (χ0v) is 19.6. The minimum atomic E-state index is -0.195. The van der Waals surface area contributed by atoms with Crippen LogP contribution < -0.4 is 14.8 Å². The minimum Gasteiger partial charge on any atom is -0.493 e. The SMILES string of the molecule is COc1ccc(C2Nc3ccccc3-c3nc(-c4ccccc4)c(-c4ccccc4)n32)cc1OC. The largest absolute Gasteiger partial charge is 0.493 e. The molecule has 35 heavy (non-hydrogen) atoms. The van der Waals surface area contributed by atoms with Crippen LogP contribution in [0.25, 0.3) is 33.9 Å². The lowest BCUT2D eigenvalue weighted by Crippen LogP contribution is -2.25. The zero-order chi connectivity index (χ0) is 23.8. The molecule has 4 aromatic carbocycles. The second-order valence-electron chi connectivity index (χ2n) is 8.44. The molecule has 0 amide bonds. The Hall–Kier alpha value is -4.51. The first-order valence-electron chi connectivity index (χ1n) is 11.6. The predicted molar refractivity (Wildman–Crippen MR) is 140 cm³/mol. The van der Waals surface area contributed by atoms with Crippen molar-refractivity contribution in [2.45, 2.75) is 6.17 Å². The average Bonchev–Trinajstić information content (AvgIpc) is 3.34. The van der Waals surface area contributed by atoms with Gasteiger partial charge in [-0.1, -0.05) is 78.9 Å². The minimum absolute atomic E-state index is 0.195. The van der Waals surface area contributed by atoms with Crippen molar-refractivity contribution < 1.29 is 9.47 Å². The molecule has 1 aromatic heterocycles. The van der Waals surface area contributed by atoms with E-state index >= 15 is 0 Å². The molecule has 1 aliphatic rings. The Bertz CT molecular complexity index is 1490. The first-order valence-corrected chi connectivity index (χ1v) is 11.6. The quantitative estimate of drug-likeness (QED) is 0.311. The van der Waals surface area contributed by atoms with E-state index in [-0.39, 0.29) is 6.17 Å². The van der Waals surface area contributed by atoms with Crippen LogP contribution in [0.3, 0.4) is 0 Å². The van der Waals surface area contributed by atoms with Crippen molar-refractivity contribution in [3.8, 4) is 45.4 Å². The molecule has 5 heteroatoms. The van der Waals surface area contributed by atoms with Gasteiger partial charge in [-0.05, 0) is 29.8 Å². The van der Waals surface area contributed by atoms with Gasteiger partial charge in [0.15, 0.2) is 11.5 Å². The van der Waals surface area contributed by atoms with Crippen LogP contribution in [0, 0.1) is 0 Å². The van der Waals surface area contributed by atoms with E-state index in [9.17, 15) is 0 Å². The fourth-order valence-electron chi connectivity index (χ4n) is 4.81. The van der Waals surface area contributed by atoms with Gasteiger partial charge >= 0.3 is 0 Å². The fourth-order valence-corrected chi connectivity index (χ4v) is 4.81. The number of methoxy groups -OCH3 is 2. The molecule has 0 spiro atoms. The van der Waals surface area contributed by atoms with E-state index < -0.39 is 0 Å². The van der Waals surface area contributed by atoms with Crippen molar-refractivity contribution in [1.82, 2.24) is 9.55 Å². The molecule has 0 fully saturated rings. The van der Waals surface area contributed by atoms with Crippen molar-refractivity contribution in [1.29, 1.82) is 0 Å². The summed E-state index contributed by atoms with van der Waals surface area (Å²) in [5, 5.41) is 3.76. The molecule has 1 aliphatic heterocycles. The maximum atomic E-state index is 5.64. The molecule has 0 radical (unpaired) electrons. The maximum absolute atomic E-state index is 5.64. The summed E-state index contributed by atoms with van der Waals surface area (Å²) in [6.45, 7) is 0. The van der Waals surface area contributed by atoms with Gasteiger partial charge in [0.1, 0.15) is 12.0 Å². The number of fused-ring (bicyclic) bond motifs is 3. The normalized spacial score (nSPS) is 13.9. The Balaban J connectivity index is 1.66. The summed E-state index contributed by atoms with van der Waals surface area (Å²) in [6, 6.07) is 35.2. The van der Waals surface area contributed by atoms with Crippen LogP contribution in [-0.4, -0.2) is 23.8 Å². The van der Waals surface area contributed by atoms with Crippen LogP contribution in [0.15, 0.2) is 103 Å². The molecule has 5 nitrogen and oxygen atoms in total. The average molecular weight is 460 g/mol. The van der Waals surface area contributed by atoms with E-state index in [1.54, 1.807) is 14.2 Å². The Morgan fingerprint density at radius 2 is 1.37 bits per heavy atom. The van der Waals surface area contributed by atoms with Crippen molar-refractivity contribution in [2.75, 3.05) is 19.5 Å². The number of hydrogen-bond donors (Lipinski definition) is 1. The van der Waals surface area contributed by atoms with Crippen LogP contribution in [0.4, 0.5) is 5.69 Å². The summed E-state index contributed by atoms with van der Waals surface area (Å²) in [5.74, 6) is 2.32. The molecule has 6 rings (SSSR count). The summed E-state index contributed by atoms with van der Waals surface area (Å²) in [7, 11) is 3.32. The number of benzene rings is 4. The fraction of sp³-hybridized carbons (Fsp3) is 0.100. The number of ether oxygens (including phenoxy) is 2. The molecule has 1 N–H and O–H groups in total. The van der Waals surface area contributed by atoms with Crippen molar-refractivity contribution >= 4 is 5.69 Å². The van der Waals surface area contributed by atoms with Gasteiger partial charge in [0.05, 0.1) is 25.6 Å². The smallest absolute Gasteiger partial charge is 0.161 e. The molecule has 1 unspecified atom stereocenters. The lowest BCUT2D eigenvalue weighted by Gasteiger charge is -2.31. The van der Waals surface area contributed by atoms with Crippen LogP contribution in [-0.2, 0) is 0 Å². The number of imidazole rings is 1. The molecule has 2 heterocycles. The lowest BCUT2D eigenvalue weighted by atomic mass is 10.0. The highest BCUT2D eigenvalue weighted by Crippen LogP contribution is 2.46.